The zero-order valence-corrected chi connectivity index (χ0v) is 15.8. The van der Waals surface area contributed by atoms with Crippen molar-refractivity contribution < 1.29 is 9.53 Å². The fourth-order valence-corrected chi connectivity index (χ4v) is 3.97. The SMILES string of the molecule is C[C@@H]1CN(C[C@H]2CCCN2C(=O)c2ccc(N(C)C)nc2)C[C@@H](C)O1. The largest absolute Gasteiger partial charge is 0.373 e. The number of amides is 1. The van der Waals surface area contributed by atoms with E-state index < -0.39 is 0 Å². The molecule has 3 atom stereocenters. The van der Waals surface area contributed by atoms with Crippen LogP contribution in [0.1, 0.15) is 37.0 Å². The summed E-state index contributed by atoms with van der Waals surface area (Å²) >= 11 is 0. The molecule has 0 saturated carbocycles. The van der Waals surface area contributed by atoms with Gasteiger partial charge in [0.1, 0.15) is 5.82 Å². The van der Waals surface area contributed by atoms with Crippen LogP contribution in [0.5, 0.6) is 0 Å². The summed E-state index contributed by atoms with van der Waals surface area (Å²) in [5.74, 6) is 0.973. The highest BCUT2D eigenvalue weighted by Crippen LogP contribution is 2.23. The molecule has 0 radical (unpaired) electrons. The molecule has 138 valence electrons. The third kappa shape index (κ3) is 4.30. The van der Waals surface area contributed by atoms with Crippen LogP contribution in [-0.2, 0) is 4.74 Å². The Labute approximate surface area is 150 Å². The number of likely N-dealkylation sites (tertiary alicyclic amines) is 1. The van der Waals surface area contributed by atoms with Gasteiger partial charge >= 0.3 is 0 Å². The summed E-state index contributed by atoms with van der Waals surface area (Å²) in [4.78, 5) is 23.7. The van der Waals surface area contributed by atoms with Crippen LogP contribution in [0.15, 0.2) is 18.3 Å². The molecule has 0 unspecified atom stereocenters. The molecule has 0 aromatic carbocycles. The molecule has 2 fully saturated rings. The molecule has 0 spiro atoms. The van der Waals surface area contributed by atoms with E-state index in [1.807, 2.05) is 36.0 Å². The molecule has 3 rings (SSSR count). The average molecular weight is 346 g/mol. The predicted molar refractivity (Wildman–Crippen MR) is 99.1 cm³/mol. The second-order valence-corrected chi connectivity index (χ2v) is 7.57. The number of hydrogen-bond acceptors (Lipinski definition) is 5. The van der Waals surface area contributed by atoms with Crippen LogP contribution >= 0.6 is 0 Å². The van der Waals surface area contributed by atoms with Gasteiger partial charge < -0.3 is 14.5 Å². The molecular formula is C19H30N4O2. The van der Waals surface area contributed by atoms with Gasteiger partial charge in [0.25, 0.3) is 5.91 Å². The van der Waals surface area contributed by atoms with Crippen LogP contribution < -0.4 is 4.90 Å². The first-order valence-electron chi connectivity index (χ1n) is 9.26. The first kappa shape index (κ1) is 18.1. The number of nitrogens with zero attached hydrogens (tertiary/aromatic N) is 4. The Morgan fingerprint density at radius 3 is 2.60 bits per heavy atom. The Kier molecular flexibility index (Phi) is 5.59. The van der Waals surface area contributed by atoms with Crippen LogP contribution in [0.3, 0.4) is 0 Å². The number of carbonyl (C=O) groups is 1. The highest BCUT2D eigenvalue weighted by molar-refractivity contribution is 5.94. The lowest BCUT2D eigenvalue weighted by atomic mass is 10.1. The van der Waals surface area contributed by atoms with Gasteiger partial charge in [0, 0.05) is 52.5 Å². The molecule has 2 saturated heterocycles. The maximum atomic E-state index is 12.9. The Morgan fingerprint density at radius 2 is 2.00 bits per heavy atom. The van der Waals surface area contributed by atoms with Crippen molar-refractivity contribution >= 4 is 11.7 Å². The van der Waals surface area contributed by atoms with Gasteiger partial charge in [-0.25, -0.2) is 4.98 Å². The second-order valence-electron chi connectivity index (χ2n) is 7.57. The van der Waals surface area contributed by atoms with E-state index in [9.17, 15) is 4.79 Å². The van der Waals surface area contributed by atoms with E-state index in [1.165, 1.54) is 0 Å². The van der Waals surface area contributed by atoms with Crippen LogP contribution in [0.2, 0.25) is 0 Å². The van der Waals surface area contributed by atoms with Crippen LogP contribution in [0.25, 0.3) is 0 Å². The molecule has 1 amide bonds. The van der Waals surface area contributed by atoms with Crippen molar-refractivity contribution in [3.63, 3.8) is 0 Å². The molecule has 6 heteroatoms. The third-order valence-corrected chi connectivity index (χ3v) is 5.06. The quantitative estimate of drug-likeness (QED) is 0.833. The summed E-state index contributed by atoms with van der Waals surface area (Å²) in [5.41, 5.74) is 0.682. The maximum Gasteiger partial charge on any atom is 0.255 e. The van der Waals surface area contributed by atoms with Crippen LogP contribution in [-0.4, -0.2) is 79.2 Å². The smallest absolute Gasteiger partial charge is 0.255 e. The lowest BCUT2D eigenvalue weighted by molar-refractivity contribution is -0.0715. The van der Waals surface area contributed by atoms with Crippen molar-refractivity contribution in [3.8, 4) is 0 Å². The van der Waals surface area contributed by atoms with E-state index in [-0.39, 0.29) is 18.1 Å². The Bertz CT molecular complexity index is 580. The first-order chi connectivity index (χ1) is 11.9. The number of rotatable bonds is 4. The van der Waals surface area contributed by atoms with Gasteiger partial charge in [-0.2, -0.15) is 0 Å². The van der Waals surface area contributed by atoms with Gasteiger partial charge in [0.15, 0.2) is 0 Å². The summed E-state index contributed by atoms with van der Waals surface area (Å²) < 4.78 is 5.82. The fraction of sp³-hybridized carbons (Fsp3) is 0.684. The predicted octanol–water partition coefficient (Wildman–Crippen LogP) is 1.86. The molecule has 1 aromatic heterocycles. The van der Waals surface area contributed by atoms with E-state index in [4.69, 9.17) is 4.74 Å². The number of carbonyl (C=O) groups excluding carboxylic acids is 1. The van der Waals surface area contributed by atoms with E-state index >= 15 is 0 Å². The highest BCUT2D eigenvalue weighted by atomic mass is 16.5. The van der Waals surface area contributed by atoms with Crippen molar-refractivity contribution in [3.05, 3.63) is 23.9 Å². The van der Waals surface area contributed by atoms with Gasteiger partial charge in [-0.05, 0) is 38.8 Å². The Balaban J connectivity index is 1.65. The lowest BCUT2D eigenvalue weighted by Gasteiger charge is -2.38. The fourth-order valence-electron chi connectivity index (χ4n) is 3.97. The monoisotopic (exact) mass is 346 g/mol. The standard InChI is InChI=1S/C19H30N4O2/c1-14-11-22(12-15(2)25-14)13-17-6-5-9-23(17)19(24)16-7-8-18(20-10-16)21(3)4/h7-8,10,14-15,17H,5-6,9,11-13H2,1-4H3/t14-,15-,17-/m1/s1. The van der Waals surface area contributed by atoms with Crippen molar-refractivity contribution in [1.82, 2.24) is 14.8 Å². The van der Waals surface area contributed by atoms with Crippen LogP contribution in [0.4, 0.5) is 5.82 Å². The van der Waals surface area contributed by atoms with E-state index in [0.717, 1.165) is 44.8 Å². The number of aromatic nitrogens is 1. The van der Waals surface area contributed by atoms with Gasteiger partial charge in [-0.3, -0.25) is 9.69 Å². The van der Waals surface area contributed by atoms with Crippen LogP contribution in [0, 0.1) is 0 Å². The Morgan fingerprint density at radius 1 is 1.28 bits per heavy atom. The maximum absolute atomic E-state index is 12.9. The number of hydrogen-bond donors (Lipinski definition) is 0. The minimum Gasteiger partial charge on any atom is -0.373 e. The number of anilines is 1. The van der Waals surface area contributed by atoms with Crippen molar-refractivity contribution in [1.29, 1.82) is 0 Å². The van der Waals surface area contributed by atoms with E-state index in [0.29, 0.717) is 11.6 Å². The first-order valence-corrected chi connectivity index (χ1v) is 9.26. The van der Waals surface area contributed by atoms with Crippen molar-refractivity contribution in [2.45, 2.75) is 44.9 Å². The number of pyridine rings is 1. The van der Waals surface area contributed by atoms with Gasteiger partial charge in [-0.15, -0.1) is 0 Å². The average Bonchev–Trinajstić information content (AvgIpc) is 3.01. The minimum atomic E-state index is 0.106. The molecule has 0 aliphatic carbocycles. The molecule has 3 heterocycles. The minimum absolute atomic E-state index is 0.106. The highest BCUT2D eigenvalue weighted by Gasteiger charge is 2.33. The normalized spacial score (nSPS) is 27.5. The zero-order chi connectivity index (χ0) is 18.0. The van der Waals surface area contributed by atoms with Gasteiger partial charge in [0.2, 0.25) is 0 Å². The van der Waals surface area contributed by atoms with E-state index in [2.05, 4.69) is 23.7 Å². The summed E-state index contributed by atoms with van der Waals surface area (Å²) in [5, 5.41) is 0. The van der Waals surface area contributed by atoms with Crippen molar-refractivity contribution in [2.24, 2.45) is 0 Å². The number of morpholine rings is 1. The zero-order valence-electron chi connectivity index (χ0n) is 15.8. The summed E-state index contributed by atoms with van der Waals surface area (Å²) in [6.45, 7) is 7.92. The molecule has 6 nitrogen and oxygen atoms in total. The van der Waals surface area contributed by atoms with Gasteiger partial charge in [-0.1, -0.05) is 0 Å². The molecule has 2 aliphatic heterocycles. The molecular weight excluding hydrogens is 316 g/mol. The third-order valence-electron chi connectivity index (χ3n) is 5.06. The molecule has 0 bridgehead atoms. The topological polar surface area (TPSA) is 48.9 Å². The molecule has 2 aliphatic rings. The number of ether oxygens (including phenoxy) is 1. The second kappa shape index (κ2) is 7.70. The Hall–Kier alpha value is -1.66. The summed E-state index contributed by atoms with van der Waals surface area (Å²) in [7, 11) is 3.90. The molecule has 0 N–H and O–H groups in total. The van der Waals surface area contributed by atoms with E-state index in [1.54, 1.807) is 6.20 Å². The summed E-state index contributed by atoms with van der Waals surface area (Å²) in [6, 6.07) is 4.08. The molecule has 1 aromatic rings. The van der Waals surface area contributed by atoms with Gasteiger partial charge in [0.05, 0.1) is 17.8 Å². The lowest BCUT2D eigenvalue weighted by Crippen LogP contribution is -2.50. The molecule has 25 heavy (non-hydrogen) atoms. The summed E-state index contributed by atoms with van der Waals surface area (Å²) in [6.07, 6.45) is 4.38. The van der Waals surface area contributed by atoms with Crippen molar-refractivity contribution in [2.75, 3.05) is 45.2 Å².